The van der Waals surface area contributed by atoms with Gasteiger partial charge in [-0.05, 0) is 12.8 Å². The van der Waals surface area contributed by atoms with Crippen molar-refractivity contribution < 1.29 is 4.79 Å². The molecule has 14 heavy (non-hydrogen) atoms. The van der Waals surface area contributed by atoms with E-state index >= 15 is 0 Å². The molecule has 1 atom stereocenters. The van der Waals surface area contributed by atoms with Crippen molar-refractivity contribution in [2.75, 3.05) is 18.1 Å². The molecule has 0 saturated carbocycles. The molecule has 1 unspecified atom stereocenters. The number of allylic oxidation sites excluding steroid dienone is 1. The first kappa shape index (κ1) is 11.8. The fraction of sp³-hybridized carbons (Fsp3) is 0.727. The largest absolute Gasteiger partial charge is 0.312 e. The van der Waals surface area contributed by atoms with Crippen LogP contribution in [0.4, 0.5) is 0 Å². The molecule has 3 heteroatoms. The average molecular weight is 213 g/mol. The summed E-state index contributed by atoms with van der Waals surface area (Å²) in [6, 6.07) is 0.421. The highest BCUT2D eigenvalue weighted by atomic mass is 32.2. The molecule has 1 fully saturated rings. The molecule has 0 radical (unpaired) electrons. The Hall–Kier alpha value is -0.280. The number of ketones is 1. The summed E-state index contributed by atoms with van der Waals surface area (Å²) in [5, 5.41) is 3.38. The highest BCUT2D eigenvalue weighted by Crippen LogP contribution is 2.12. The molecule has 2 nitrogen and oxygen atoms in total. The van der Waals surface area contributed by atoms with Crippen LogP contribution < -0.4 is 5.32 Å². The number of carbonyl (C=O) groups is 1. The lowest BCUT2D eigenvalue weighted by atomic mass is 10.1. The van der Waals surface area contributed by atoms with Crippen LogP contribution in [0.25, 0.3) is 0 Å². The molecule has 0 aliphatic carbocycles. The predicted octanol–water partition coefficient (Wildman–Crippen LogP) is 2.01. The molecule has 0 aromatic rings. The number of rotatable bonds is 6. The highest BCUT2D eigenvalue weighted by Gasteiger charge is 2.15. The predicted molar refractivity (Wildman–Crippen MR) is 62.8 cm³/mol. The van der Waals surface area contributed by atoms with Crippen LogP contribution in [-0.4, -0.2) is 29.9 Å². The third-order valence-electron chi connectivity index (χ3n) is 2.34. The van der Waals surface area contributed by atoms with E-state index in [4.69, 9.17) is 0 Å². The van der Waals surface area contributed by atoms with Crippen molar-refractivity contribution in [3.05, 3.63) is 12.7 Å². The first-order valence-corrected chi connectivity index (χ1v) is 6.42. The van der Waals surface area contributed by atoms with Gasteiger partial charge in [0.25, 0.3) is 0 Å². The lowest BCUT2D eigenvalue weighted by Gasteiger charge is -2.22. The minimum atomic E-state index is 0.395. The Morgan fingerprint density at radius 1 is 1.64 bits per heavy atom. The third kappa shape index (κ3) is 4.82. The molecule has 1 heterocycles. The quantitative estimate of drug-likeness (QED) is 0.540. The van der Waals surface area contributed by atoms with Gasteiger partial charge in [-0.25, -0.2) is 0 Å². The fourth-order valence-electron chi connectivity index (χ4n) is 1.57. The van der Waals surface area contributed by atoms with Gasteiger partial charge in [0, 0.05) is 36.9 Å². The van der Waals surface area contributed by atoms with Gasteiger partial charge in [-0.15, -0.1) is 6.58 Å². The summed E-state index contributed by atoms with van der Waals surface area (Å²) < 4.78 is 0. The Balaban J connectivity index is 2.09. The first-order chi connectivity index (χ1) is 6.83. The lowest BCUT2D eigenvalue weighted by molar-refractivity contribution is -0.119. The number of hydrogen-bond acceptors (Lipinski definition) is 3. The first-order valence-electron chi connectivity index (χ1n) is 5.26. The van der Waals surface area contributed by atoms with Gasteiger partial charge in [0.1, 0.15) is 5.78 Å². The SMILES string of the molecule is C=CCCCC(=O)CC1CSCCN1. The molecule has 0 bridgehead atoms. The van der Waals surface area contributed by atoms with E-state index in [0.717, 1.165) is 31.6 Å². The van der Waals surface area contributed by atoms with Gasteiger partial charge >= 0.3 is 0 Å². The van der Waals surface area contributed by atoms with E-state index in [2.05, 4.69) is 11.9 Å². The Morgan fingerprint density at radius 2 is 2.50 bits per heavy atom. The van der Waals surface area contributed by atoms with Crippen LogP contribution in [0.2, 0.25) is 0 Å². The van der Waals surface area contributed by atoms with E-state index in [-0.39, 0.29) is 0 Å². The lowest BCUT2D eigenvalue weighted by Crippen LogP contribution is -2.38. The van der Waals surface area contributed by atoms with Crippen molar-refractivity contribution in [3.8, 4) is 0 Å². The third-order valence-corrected chi connectivity index (χ3v) is 3.47. The van der Waals surface area contributed by atoms with E-state index in [0.29, 0.717) is 18.2 Å². The van der Waals surface area contributed by atoms with Crippen LogP contribution in [0.1, 0.15) is 25.7 Å². The van der Waals surface area contributed by atoms with Crippen LogP contribution >= 0.6 is 11.8 Å². The number of hydrogen-bond donors (Lipinski definition) is 1. The zero-order chi connectivity index (χ0) is 10.2. The standard InChI is InChI=1S/C11H19NOS/c1-2-3-4-5-11(13)8-10-9-14-7-6-12-10/h2,10,12H,1,3-9H2. The van der Waals surface area contributed by atoms with Crippen LogP contribution in [0.15, 0.2) is 12.7 Å². The number of carbonyl (C=O) groups excluding carboxylic acids is 1. The number of unbranched alkanes of at least 4 members (excludes halogenated alkanes) is 1. The summed E-state index contributed by atoms with van der Waals surface area (Å²) in [5.41, 5.74) is 0. The maximum Gasteiger partial charge on any atom is 0.134 e. The molecule has 0 amide bonds. The topological polar surface area (TPSA) is 29.1 Å². The van der Waals surface area contributed by atoms with Gasteiger partial charge in [-0.3, -0.25) is 4.79 Å². The Kier molecular flexibility index (Phi) is 5.96. The van der Waals surface area contributed by atoms with Gasteiger partial charge in [0.2, 0.25) is 0 Å². The second-order valence-electron chi connectivity index (χ2n) is 3.65. The van der Waals surface area contributed by atoms with Crippen molar-refractivity contribution in [1.29, 1.82) is 0 Å². The van der Waals surface area contributed by atoms with Crippen LogP contribution in [0, 0.1) is 0 Å². The molecule has 1 aliphatic heterocycles. The molecule has 0 spiro atoms. The normalized spacial score (nSPS) is 21.9. The number of thioether (sulfide) groups is 1. The second kappa shape index (κ2) is 7.07. The van der Waals surface area contributed by atoms with Crippen LogP contribution in [-0.2, 0) is 4.79 Å². The molecule has 1 aliphatic rings. The minimum Gasteiger partial charge on any atom is -0.312 e. The number of Topliss-reactive ketones (excluding diaryl/α,β-unsaturated/α-hetero) is 1. The molecule has 1 rings (SSSR count). The summed E-state index contributed by atoms with van der Waals surface area (Å²) in [7, 11) is 0. The minimum absolute atomic E-state index is 0.395. The zero-order valence-electron chi connectivity index (χ0n) is 8.63. The van der Waals surface area contributed by atoms with E-state index in [1.807, 2.05) is 17.8 Å². The van der Waals surface area contributed by atoms with Gasteiger partial charge in [-0.2, -0.15) is 11.8 Å². The molecule has 1 saturated heterocycles. The molecule has 1 N–H and O–H groups in total. The summed E-state index contributed by atoms with van der Waals surface area (Å²) >= 11 is 1.94. The van der Waals surface area contributed by atoms with Gasteiger partial charge in [0.05, 0.1) is 0 Å². The Bertz CT molecular complexity index is 188. The second-order valence-corrected chi connectivity index (χ2v) is 4.80. The monoisotopic (exact) mass is 213 g/mol. The van der Waals surface area contributed by atoms with Crippen LogP contribution in [0.5, 0.6) is 0 Å². The molecular formula is C11H19NOS. The highest BCUT2D eigenvalue weighted by molar-refractivity contribution is 7.99. The molecule has 80 valence electrons. The zero-order valence-corrected chi connectivity index (χ0v) is 9.44. The number of nitrogens with one attached hydrogen (secondary N) is 1. The summed E-state index contributed by atoms with van der Waals surface area (Å²) in [6.07, 6.45) is 5.22. The Labute approximate surface area is 90.5 Å². The average Bonchev–Trinajstić information content (AvgIpc) is 2.20. The molecule has 0 aromatic heterocycles. The van der Waals surface area contributed by atoms with Crippen LogP contribution in [0.3, 0.4) is 0 Å². The van der Waals surface area contributed by atoms with E-state index < -0.39 is 0 Å². The van der Waals surface area contributed by atoms with E-state index in [1.54, 1.807) is 0 Å². The van der Waals surface area contributed by atoms with Crippen molar-refractivity contribution in [3.63, 3.8) is 0 Å². The molecular weight excluding hydrogens is 194 g/mol. The maximum atomic E-state index is 11.5. The van der Waals surface area contributed by atoms with Crippen molar-refractivity contribution >= 4 is 17.5 Å². The van der Waals surface area contributed by atoms with E-state index in [1.165, 1.54) is 5.75 Å². The van der Waals surface area contributed by atoms with Crippen molar-refractivity contribution in [2.45, 2.75) is 31.7 Å². The smallest absolute Gasteiger partial charge is 0.134 e. The fourth-order valence-corrected chi connectivity index (χ4v) is 2.52. The summed E-state index contributed by atoms with van der Waals surface area (Å²) in [5.74, 6) is 2.67. The van der Waals surface area contributed by atoms with Gasteiger partial charge < -0.3 is 5.32 Å². The summed E-state index contributed by atoms with van der Waals surface area (Å²) in [4.78, 5) is 11.5. The van der Waals surface area contributed by atoms with Gasteiger partial charge in [0.15, 0.2) is 0 Å². The van der Waals surface area contributed by atoms with Gasteiger partial charge in [-0.1, -0.05) is 6.08 Å². The van der Waals surface area contributed by atoms with Crippen molar-refractivity contribution in [1.82, 2.24) is 5.32 Å². The summed E-state index contributed by atoms with van der Waals surface area (Å²) in [6.45, 7) is 4.70. The maximum absolute atomic E-state index is 11.5. The molecule has 0 aromatic carbocycles. The van der Waals surface area contributed by atoms with Crippen molar-refractivity contribution in [2.24, 2.45) is 0 Å². The Morgan fingerprint density at radius 3 is 3.14 bits per heavy atom. The van der Waals surface area contributed by atoms with E-state index in [9.17, 15) is 4.79 Å².